The number of carbonyl (C=O) groups is 1. The van der Waals surface area contributed by atoms with Crippen LogP contribution in [0.15, 0.2) is 59.8 Å². The van der Waals surface area contributed by atoms with Crippen LogP contribution >= 0.6 is 0 Å². The quantitative estimate of drug-likeness (QED) is 0.539. The number of carbonyl (C=O) groups excluding carboxylic acids is 1. The molecule has 1 amide bonds. The molecular formula is C24H21F3N4O4S. The van der Waals surface area contributed by atoms with Gasteiger partial charge in [0.15, 0.2) is 0 Å². The predicted octanol–water partition coefficient (Wildman–Crippen LogP) is 4.34. The first-order chi connectivity index (χ1) is 17.1. The molecule has 0 aliphatic carbocycles. The van der Waals surface area contributed by atoms with Crippen molar-refractivity contribution in [2.75, 3.05) is 22.8 Å². The van der Waals surface area contributed by atoms with Gasteiger partial charge < -0.3 is 9.64 Å². The normalized spacial score (nSPS) is 18.0. The van der Waals surface area contributed by atoms with Crippen molar-refractivity contribution in [3.05, 3.63) is 71.5 Å². The number of anilines is 2. The Morgan fingerprint density at radius 2 is 1.81 bits per heavy atom. The topological polar surface area (TPSA) is 101 Å². The third kappa shape index (κ3) is 4.60. The minimum atomic E-state index is -4.55. The molecule has 12 heteroatoms. The van der Waals surface area contributed by atoms with Crippen LogP contribution < -0.4 is 14.4 Å². The lowest BCUT2D eigenvalue weighted by molar-refractivity contribution is -0.137. The van der Waals surface area contributed by atoms with Crippen molar-refractivity contribution >= 4 is 27.6 Å². The lowest BCUT2D eigenvalue weighted by Gasteiger charge is -2.30. The van der Waals surface area contributed by atoms with Gasteiger partial charge in [-0.1, -0.05) is 12.1 Å². The molecule has 1 fully saturated rings. The number of hydrogen-bond donors (Lipinski definition) is 1. The maximum absolute atomic E-state index is 13.5. The Hall–Kier alpha value is -3.67. The molecule has 0 spiro atoms. The highest BCUT2D eigenvalue weighted by Crippen LogP contribution is 2.45. The summed E-state index contributed by atoms with van der Waals surface area (Å²) < 4.78 is 74.2. The summed E-state index contributed by atoms with van der Waals surface area (Å²) in [6, 6.07) is 9.35. The van der Waals surface area contributed by atoms with Gasteiger partial charge in [-0.05, 0) is 42.7 Å². The van der Waals surface area contributed by atoms with Gasteiger partial charge in [0.2, 0.25) is 11.9 Å². The van der Waals surface area contributed by atoms with Crippen LogP contribution in [0.2, 0.25) is 0 Å². The molecule has 2 aliphatic heterocycles. The van der Waals surface area contributed by atoms with Crippen molar-refractivity contribution in [3.63, 3.8) is 0 Å². The summed E-state index contributed by atoms with van der Waals surface area (Å²) in [7, 11) is -4.01. The third-order valence-electron chi connectivity index (χ3n) is 6.22. The Kier molecular flexibility index (Phi) is 6.07. The molecule has 5 rings (SSSR count). The van der Waals surface area contributed by atoms with E-state index >= 15 is 0 Å². The van der Waals surface area contributed by atoms with E-state index in [2.05, 4.69) is 14.7 Å². The van der Waals surface area contributed by atoms with Gasteiger partial charge in [-0.3, -0.25) is 4.79 Å². The van der Waals surface area contributed by atoms with E-state index in [1.54, 1.807) is 12.1 Å². The number of alkyl halides is 3. The van der Waals surface area contributed by atoms with Crippen molar-refractivity contribution in [2.24, 2.45) is 0 Å². The summed E-state index contributed by atoms with van der Waals surface area (Å²) in [6.07, 6.45) is -0.452. The molecule has 0 saturated carbocycles. The Balaban J connectivity index is 1.53. The van der Waals surface area contributed by atoms with E-state index in [1.165, 1.54) is 35.5 Å². The highest BCUT2D eigenvalue weighted by atomic mass is 32.2. The number of aromatic nitrogens is 2. The zero-order valence-electron chi connectivity index (χ0n) is 18.8. The number of hydrogen-bond acceptors (Lipinski definition) is 6. The second-order valence-corrected chi connectivity index (χ2v) is 10.2. The second-order valence-electron chi connectivity index (χ2n) is 8.49. The molecule has 1 atom stereocenters. The molecule has 1 N–H and O–H groups in total. The summed E-state index contributed by atoms with van der Waals surface area (Å²) in [6.45, 7) is 0.568. The van der Waals surface area contributed by atoms with Crippen molar-refractivity contribution in [1.82, 2.24) is 9.97 Å². The largest absolute Gasteiger partial charge is 0.493 e. The van der Waals surface area contributed by atoms with Crippen LogP contribution in [0.1, 0.15) is 41.9 Å². The number of sulfonamides is 1. The molecule has 36 heavy (non-hydrogen) atoms. The van der Waals surface area contributed by atoms with E-state index in [0.717, 1.165) is 12.1 Å². The van der Waals surface area contributed by atoms with Crippen LogP contribution in [0.5, 0.6) is 5.75 Å². The van der Waals surface area contributed by atoms with Gasteiger partial charge in [-0.15, -0.1) is 0 Å². The molecule has 3 heterocycles. The number of rotatable bonds is 5. The summed E-state index contributed by atoms with van der Waals surface area (Å²) in [5.74, 6) is -0.388. The summed E-state index contributed by atoms with van der Waals surface area (Å²) in [5.41, 5.74) is 0.590. The van der Waals surface area contributed by atoms with Gasteiger partial charge in [0.1, 0.15) is 5.75 Å². The zero-order valence-corrected chi connectivity index (χ0v) is 19.6. The number of benzene rings is 2. The van der Waals surface area contributed by atoms with Gasteiger partial charge in [-0.2, -0.15) is 13.2 Å². The highest BCUT2D eigenvalue weighted by Gasteiger charge is 2.35. The molecule has 2 aromatic carbocycles. The van der Waals surface area contributed by atoms with Crippen molar-refractivity contribution < 1.29 is 31.1 Å². The maximum Gasteiger partial charge on any atom is 0.416 e. The van der Waals surface area contributed by atoms with Crippen LogP contribution in [0.3, 0.4) is 0 Å². The predicted molar refractivity (Wildman–Crippen MR) is 124 cm³/mol. The van der Waals surface area contributed by atoms with Gasteiger partial charge in [0.25, 0.3) is 10.0 Å². The molecule has 0 radical (unpaired) electrons. The van der Waals surface area contributed by atoms with Crippen molar-refractivity contribution in [1.29, 1.82) is 0 Å². The molecule has 188 valence electrons. The van der Waals surface area contributed by atoms with E-state index < -0.39 is 21.8 Å². The standard InChI is InChI=1S/C24H21F3N4O4S/c25-24(26,27)15-4-6-18(20(13-15)31-11-1-3-22(31)32)17-8-12-35-21-14-16(5-7-19(17)21)36(33,34)30-23-28-9-2-10-29-23/h2,4-7,9-10,13-14,17H,1,3,8,11-12H2,(H,28,29,30). The molecular weight excluding hydrogens is 497 g/mol. The molecule has 1 saturated heterocycles. The molecule has 3 aromatic rings. The highest BCUT2D eigenvalue weighted by molar-refractivity contribution is 7.92. The number of halogens is 3. The van der Waals surface area contributed by atoms with Crippen LogP contribution in [-0.2, 0) is 21.0 Å². The van der Waals surface area contributed by atoms with Crippen LogP contribution in [-0.4, -0.2) is 37.4 Å². The zero-order chi connectivity index (χ0) is 25.5. The molecule has 8 nitrogen and oxygen atoms in total. The molecule has 0 bridgehead atoms. The van der Waals surface area contributed by atoms with E-state index in [9.17, 15) is 26.4 Å². The van der Waals surface area contributed by atoms with Crippen LogP contribution in [0.4, 0.5) is 24.8 Å². The Labute approximate surface area is 205 Å². The van der Waals surface area contributed by atoms with Crippen LogP contribution in [0, 0.1) is 0 Å². The lowest BCUT2D eigenvalue weighted by Crippen LogP contribution is -2.27. The first-order valence-electron chi connectivity index (χ1n) is 11.2. The number of nitrogens with zero attached hydrogens (tertiary/aromatic N) is 3. The summed E-state index contributed by atoms with van der Waals surface area (Å²) >= 11 is 0. The van der Waals surface area contributed by atoms with Gasteiger partial charge in [0.05, 0.1) is 17.1 Å². The van der Waals surface area contributed by atoms with Crippen molar-refractivity contribution in [2.45, 2.75) is 36.3 Å². The third-order valence-corrected chi connectivity index (χ3v) is 7.55. The number of nitrogens with one attached hydrogen (secondary N) is 1. The maximum atomic E-state index is 13.5. The van der Waals surface area contributed by atoms with Gasteiger partial charge in [0, 0.05) is 48.6 Å². The minimum Gasteiger partial charge on any atom is -0.493 e. The minimum absolute atomic E-state index is 0.0725. The average molecular weight is 519 g/mol. The Morgan fingerprint density at radius 3 is 2.50 bits per heavy atom. The number of amides is 1. The number of fused-ring (bicyclic) bond motifs is 1. The average Bonchev–Trinajstić information content (AvgIpc) is 3.28. The molecule has 1 aromatic heterocycles. The Morgan fingerprint density at radius 1 is 1.06 bits per heavy atom. The number of ether oxygens (including phenoxy) is 1. The van der Waals surface area contributed by atoms with E-state index in [4.69, 9.17) is 4.74 Å². The van der Waals surface area contributed by atoms with Crippen molar-refractivity contribution in [3.8, 4) is 5.75 Å². The first-order valence-corrected chi connectivity index (χ1v) is 12.7. The lowest BCUT2D eigenvalue weighted by atomic mass is 9.85. The van der Waals surface area contributed by atoms with Gasteiger partial charge in [-0.25, -0.2) is 23.1 Å². The molecule has 1 unspecified atom stereocenters. The fourth-order valence-corrected chi connectivity index (χ4v) is 5.52. The second kappa shape index (κ2) is 9.08. The SMILES string of the molecule is O=C1CCCN1c1cc(C(F)(F)F)ccc1C1CCOc2cc(S(=O)(=O)Nc3ncccn3)ccc21. The smallest absolute Gasteiger partial charge is 0.416 e. The Bertz CT molecular complexity index is 1410. The molecule has 2 aliphatic rings. The van der Waals surface area contributed by atoms with E-state index in [0.29, 0.717) is 36.3 Å². The summed E-state index contributed by atoms with van der Waals surface area (Å²) in [4.78, 5) is 21.5. The van der Waals surface area contributed by atoms with Gasteiger partial charge >= 0.3 is 6.18 Å². The van der Waals surface area contributed by atoms with E-state index in [-0.39, 0.29) is 41.4 Å². The van der Waals surface area contributed by atoms with E-state index in [1.807, 2.05) is 0 Å². The monoisotopic (exact) mass is 518 g/mol. The summed E-state index contributed by atoms with van der Waals surface area (Å²) in [5, 5.41) is 0. The fraction of sp³-hybridized carbons (Fsp3) is 0.292. The fourth-order valence-electron chi connectivity index (χ4n) is 4.54. The first kappa shape index (κ1) is 24.0. The van der Waals surface area contributed by atoms with Crippen LogP contribution in [0.25, 0.3) is 0 Å².